The van der Waals surface area contributed by atoms with Crippen LogP contribution in [0.1, 0.15) is 11.8 Å². The van der Waals surface area contributed by atoms with Crippen LogP contribution in [0.5, 0.6) is 0 Å². The molecule has 0 amide bonds. The van der Waals surface area contributed by atoms with E-state index in [-0.39, 0.29) is 5.95 Å². The molecule has 0 aliphatic rings. The summed E-state index contributed by atoms with van der Waals surface area (Å²) in [6.45, 7) is 0. The fourth-order valence-corrected chi connectivity index (χ4v) is 1.74. The van der Waals surface area contributed by atoms with E-state index in [4.69, 9.17) is 17.3 Å². The zero-order chi connectivity index (χ0) is 13.8. The van der Waals surface area contributed by atoms with E-state index in [9.17, 15) is 5.11 Å². The maximum absolute atomic E-state index is 9.87. The number of halogens is 1. The Morgan fingerprint density at radius 3 is 2.84 bits per heavy atom. The van der Waals surface area contributed by atoms with Crippen molar-refractivity contribution >= 4 is 29.1 Å². The van der Waals surface area contributed by atoms with Crippen molar-refractivity contribution < 1.29 is 5.11 Å². The highest BCUT2D eigenvalue weighted by Crippen LogP contribution is 2.27. The topological polar surface area (TPSA) is 96.1 Å². The first kappa shape index (κ1) is 13.5. The molecule has 0 saturated heterocycles. The van der Waals surface area contributed by atoms with Gasteiger partial charge in [-0.05, 0) is 13.1 Å². The largest absolute Gasteiger partial charge is 0.374 e. The van der Waals surface area contributed by atoms with E-state index in [0.717, 1.165) is 0 Å². The lowest BCUT2D eigenvalue weighted by Crippen LogP contribution is -2.16. The van der Waals surface area contributed by atoms with Gasteiger partial charge in [0.2, 0.25) is 5.95 Å². The molecular weight excluding hydrogens is 266 g/mol. The molecule has 5 N–H and O–H groups in total. The van der Waals surface area contributed by atoms with Crippen LogP contribution in [0.3, 0.4) is 0 Å². The molecule has 0 spiro atoms. The van der Waals surface area contributed by atoms with Crippen molar-refractivity contribution in [2.75, 3.05) is 18.1 Å². The van der Waals surface area contributed by atoms with Crippen LogP contribution in [0.4, 0.5) is 17.5 Å². The fraction of sp³-hybridized carbons (Fsp3) is 0.167. The van der Waals surface area contributed by atoms with Crippen LogP contribution in [-0.2, 0) is 0 Å². The second kappa shape index (κ2) is 5.83. The van der Waals surface area contributed by atoms with E-state index in [1.165, 1.54) is 6.20 Å². The van der Waals surface area contributed by atoms with Crippen molar-refractivity contribution in [2.24, 2.45) is 0 Å². The van der Waals surface area contributed by atoms with Crippen LogP contribution in [0.15, 0.2) is 30.5 Å². The molecule has 7 heteroatoms. The number of anilines is 3. The van der Waals surface area contributed by atoms with Crippen molar-refractivity contribution in [1.82, 2.24) is 15.3 Å². The zero-order valence-electron chi connectivity index (χ0n) is 10.3. The molecule has 0 aliphatic heterocycles. The first-order valence-corrected chi connectivity index (χ1v) is 5.99. The quantitative estimate of drug-likeness (QED) is 0.636. The third kappa shape index (κ3) is 3.11. The Bertz CT molecular complexity index is 578. The van der Waals surface area contributed by atoms with Crippen molar-refractivity contribution in [3.05, 3.63) is 41.0 Å². The average molecular weight is 280 g/mol. The first-order valence-electron chi connectivity index (χ1n) is 5.61. The minimum Gasteiger partial charge on any atom is -0.374 e. The fourth-order valence-electron chi connectivity index (χ4n) is 1.60. The van der Waals surface area contributed by atoms with Gasteiger partial charge in [-0.15, -0.1) is 0 Å². The molecule has 1 atom stereocenters. The maximum Gasteiger partial charge on any atom is 0.222 e. The Morgan fingerprint density at radius 2 is 2.11 bits per heavy atom. The Labute approximate surface area is 115 Å². The Kier molecular flexibility index (Phi) is 4.16. The van der Waals surface area contributed by atoms with E-state index in [0.29, 0.717) is 22.1 Å². The van der Waals surface area contributed by atoms with E-state index >= 15 is 0 Å². The predicted molar refractivity (Wildman–Crippen MR) is 75.2 cm³/mol. The molecule has 0 saturated carbocycles. The van der Waals surface area contributed by atoms with E-state index in [1.54, 1.807) is 13.1 Å². The van der Waals surface area contributed by atoms with Crippen LogP contribution in [-0.4, -0.2) is 22.1 Å². The number of nitrogens with zero attached hydrogens (tertiary/aromatic N) is 2. The highest BCUT2D eigenvalue weighted by molar-refractivity contribution is 6.32. The van der Waals surface area contributed by atoms with Gasteiger partial charge in [-0.2, -0.15) is 4.98 Å². The van der Waals surface area contributed by atoms with Crippen LogP contribution in [0, 0.1) is 0 Å². The molecule has 1 aromatic carbocycles. The lowest BCUT2D eigenvalue weighted by Gasteiger charge is -2.16. The van der Waals surface area contributed by atoms with E-state index in [1.807, 2.05) is 18.2 Å². The number of hydrogen-bond donors (Lipinski definition) is 4. The smallest absolute Gasteiger partial charge is 0.222 e. The SMILES string of the molecule is CNC(O)c1ccccc1Nc1nc(N)ncc1Cl. The standard InChI is InChI=1S/C12H14ClN5O/c1-15-11(19)7-4-2-3-5-9(7)17-10-8(13)6-16-12(14)18-10/h2-6,11,15,19H,1H3,(H3,14,16,17,18). The highest BCUT2D eigenvalue weighted by atomic mass is 35.5. The number of aliphatic hydroxyl groups is 1. The normalized spacial score (nSPS) is 12.2. The molecule has 1 heterocycles. The van der Waals surface area contributed by atoms with Gasteiger partial charge in [-0.3, -0.25) is 5.32 Å². The van der Waals surface area contributed by atoms with Crippen molar-refractivity contribution in [1.29, 1.82) is 0 Å². The number of aliphatic hydroxyl groups excluding tert-OH is 1. The van der Waals surface area contributed by atoms with Gasteiger partial charge in [-0.25, -0.2) is 4.98 Å². The monoisotopic (exact) mass is 279 g/mol. The highest BCUT2D eigenvalue weighted by Gasteiger charge is 2.12. The van der Waals surface area contributed by atoms with Gasteiger partial charge < -0.3 is 16.2 Å². The summed E-state index contributed by atoms with van der Waals surface area (Å²) in [6, 6.07) is 7.27. The molecule has 2 rings (SSSR count). The van der Waals surface area contributed by atoms with Gasteiger partial charge in [0.25, 0.3) is 0 Å². The van der Waals surface area contributed by atoms with E-state index < -0.39 is 6.23 Å². The Morgan fingerprint density at radius 1 is 1.37 bits per heavy atom. The molecule has 1 aromatic heterocycles. The number of para-hydroxylation sites is 1. The summed E-state index contributed by atoms with van der Waals surface area (Å²) in [5, 5.41) is 16.0. The molecule has 19 heavy (non-hydrogen) atoms. The summed E-state index contributed by atoms with van der Waals surface area (Å²) in [5.41, 5.74) is 6.89. The minimum absolute atomic E-state index is 0.124. The number of nitrogens with one attached hydrogen (secondary N) is 2. The molecule has 0 fully saturated rings. The van der Waals surface area contributed by atoms with Gasteiger partial charge in [0.15, 0.2) is 5.82 Å². The van der Waals surface area contributed by atoms with Crippen LogP contribution >= 0.6 is 11.6 Å². The average Bonchev–Trinajstić information content (AvgIpc) is 2.42. The second-order valence-electron chi connectivity index (χ2n) is 3.83. The molecule has 0 radical (unpaired) electrons. The molecule has 0 aliphatic carbocycles. The number of hydrogen-bond acceptors (Lipinski definition) is 6. The second-order valence-corrected chi connectivity index (χ2v) is 4.24. The lowest BCUT2D eigenvalue weighted by molar-refractivity contribution is 0.150. The number of nitrogens with two attached hydrogens (primary N) is 1. The number of aromatic nitrogens is 2. The van der Waals surface area contributed by atoms with Crippen LogP contribution < -0.4 is 16.4 Å². The van der Waals surface area contributed by atoms with Gasteiger partial charge in [0.05, 0.1) is 6.20 Å². The predicted octanol–water partition coefficient (Wildman–Crippen LogP) is 1.67. The summed E-state index contributed by atoms with van der Waals surface area (Å²) < 4.78 is 0. The summed E-state index contributed by atoms with van der Waals surface area (Å²) >= 11 is 5.99. The molecule has 2 aromatic rings. The molecule has 6 nitrogen and oxygen atoms in total. The third-order valence-electron chi connectivity index (χ3n) is 2.54. The maximum atomic E-state index is 9.87. The zero-order valence-corrected chi connectivity index (χ0v) is 11.0. The van der Waals surface area contributed by atoms with Crippen molar-refractivity contribution in [3.63, 3.8) is 0 Å². The first-order chi connectivity index (χ1) is 9.11. The summed E-state index contributed by atoms with van der Waals surface area (Å²) in [6.07, 6.45) is 0.630. The van der Waals surface area contributed by atoms with Crippen molar-refractivity contribution in [2.45, 2.75) is 6.23 Å². The van der Waals surface area contributed by atoms with Gasteiger partial charge >= 0.3 is 0 Å². The van der Waals surface area contributed by atoms with Crippen LogP contribution in [0.25, 0.3) is 0 Å². The number of nitrogen functional groups attached to an aromatic ring is 1. The number of benzene rings is 1. The molecular formula is C12H14ClN5O. The minimum atomic E-state index is -0.790. The number of rotatable bonds is 4. The summed E-state index contributed by atoms with van der Waals surface area (Å²) in [4.78, 5) is 7.80. The van der Waals surface area contributed by atoms with Crippen LogP contribution in [0.2, 0.25) is 5.02 Å². The summed E-state index contributed by atoms with van der Waals surface area (Å²) in [5.74, 6) is 0.517. The van der Waals surface area contributed by atoms with Gasteiger partial charge in [0.1, 0.15) is 11.3 Å². The lowest BCUT2D eigenvalue weighted by atomic mass is 10.1. The van der Waals surface area contributed by atoms with E-state index in [2.05, 4.69) is 20.6 Å². The molecule has 100 valence electrons. The van der Waals surface area contributed by atoms with Gasteiger partial charge in [-0.1, -0.05) is 29.8 Å². The summed E-state index contributed by atoms with van der Waals surface area (Å²) in [7, 11) is 1.66. The molecule has 1 unspecified atom stereocenters. The Hall–Kier alpha value is -1.89. The third-order valence-corrected chi connectivity index (χ3v) is 2.82. The molecule has 0 bridgehead atoms. The van der Waals surface area contributed by atoms with Gasteiger partial charge in [0, 0.05) is 11.3 Å². The Balaban J connectivity index is 2.35. The van der Waals surface area contributed by atoms with Crippen molar-refractivity contribution in [3.8, 4) is 0 Å².